The van der Waals surface area contributed by atoms with Crippen LogP contribution in [0.3, 0.4) is 0 Å². The van der Waals surface area contributed by atoms with E-state index in [-0.39, 0.29) is 51.6 Å². The van der Waals surface area contributed by atoms with E-state index in [0.29, 0.717) is 29.8 Å². The third-order valence-corrected chi connectivity index (χ3v) is 7.02. The van der Waals surface area contributed by atoms with Gasteiger partial charge in [0, 0.05) is 48.6 Å². The molecule has 0 saturated carbocycles. The molecule has 0 aliphatic carbocycles. The minimum atomic E-state index is -0.795. The SMILES string of the molecule is COc1cc2nccc(Oc3ccc(CC(=O)c4c5c(cn(-c6ccc(F)cc6)c4=O)CCO5)cc3F)c2cc1[N+](=O)[O-]. The molecular formula is C31H21F2N3O7. The van der Waals surface area contributed by atoms with E-state index in [1.54, 1.807) is 6.20 Å². The van der Waals surface area contributed by atoms with Crippen molar-refractivity contribution in [3.8, 4) is 28.7 Å². The second-order valence-electron chi connectivity index (χ2n) is 9.68. The molecule has 0 fully saturated rings. The topological polar surface area (TPSA) is 123 Å². The van der Waals surface area contributed by atoms with Gasteiger partial charge < -0.3 is 14.2 Å². The smallest absolute Gasteiger partial charge is 0.311 e. The van der Waals surface area contributed by atoms with E-state index in [9.17, 15) is 24.1 Å². The summed E-state index contributed by atoms with van der Waals surface area (Å²) in [6.07, 6.45) is 3.16. The highest BCUT2D eigenvalue weighted by molar-refractivity contribution is 6.00. The van der Waals surface area contributed by atoms with Crippen molar-refractivity contribution in [2.24, 2.45) is 0 Å². The van der Waals surface area contributed by atoms with Crippen molar-refractivity contribution in [3.63, 3.8) is 0 Å². The maximum absolute atomic E-state index is 15.2. The molecule has 3 aromatic carbocycles. The van der Waals surface area contributed by atoms with Crippen LogP contribution in [0.25, 0.3) is 16.6 Å². The van der Waals surface area contributed by atoms with Gasteiger partial charge in [0.1, 0.15) is 22.9 Å². The number of fused-ring (bicyclic) bond motifs is 2. The van der Waals surface area contributed by atoms with Gasteiger partial charge in [0.25, 0.3) is 5.56 Å². The van der Waals surface area contributed by atoms with Crippen LogP contribution in [-0.4, -0.2) is 34.0 Å². The van der Waals surface area contributed by atoms with Crippen LogP contribution in [0, 0.1) is 21.7 Å². The summed E-state index contributed by atoms with van der Waals surface area (Å²) in [5.41, 5.74) is 0.551. The molecule has 0 spiro atoms. The first kappa shape index (κ1) is 27.5. The number of pyridine rings is 2. The number of nitro groups is 1. The van der Waals surface area contributed by atoms with Crippen molar-refractivity contribution in [1.29, 1.82) is 0 Å². The molecule has 0 amide bonds. The number of nitro benzene ring substituents is 1. The Balaban J connectivity index is 1.29. The third kappa shape index (κ3) is 5.14. The quantitative estimate of drug-likeness (QED) is 0.129. The van der Waals surface area contributed by atoms with E-state index in [0.717, 1.165) is 6.07 Å². The predicted molar refractivity (Wildman–Crippen MR) is 151 cm³/mol. The van der Waals surface area contributed by atoms with Crippen LogP contribution in [0.5, 0.6) is 23.0 Å². The van der Waals surface area contributed by atoms with Gasteiger partial charge in [-0.3, -0.25) is 29.3 Å². The van der Waals surface area contributed by atoms with E-state index in [1.807, 2.05) is 0 Å². The summed E-state index contributed by atoms with van der Waals surface area (Å²) >= 11 is 0. The number of hydrogen-bond donors (Lipinski definition) is 0. The summed E-state index contributed by atoms with van der Waals surface area (Å²) < 4.78 is 46.4. The molecule has 5 aromatic rings. The lowest BCUT2D eigenvalue weighted by molar-refractivity contribution is -0.385. The summed E-state index contributed by atoms with van der Waals surface area (Å²) in [6, 6.07) is 13.3. The van der Waals surface area contributed by atoms with Gasteiger partial charge in [-0.25, -0.2) is 8.78 Å². The lowest BCUT2D eigenvalue weighted by atomic mass is 10.0. The maximum atomic E-state index is 15.2. The second kappa shape index (κ2) is 11.0. The monoisotopic (exact) mass is 585 g/mol. The van der Waals surface area contributed by atoms with Crippen LogP contribution in [0.2, 0.25) is 0 Å². The van der Waals surface area contributed by atoms with E-state index < -0.39 is 27.9 Å². The fraction of sp³-hybridized carbons (Fsp3) is 0.129. The fourth-order valence-corrected chi connectivity index (χ4v) is 4.96. The summed E-state index contributed by atoms with van der Waals surface area (Å²) in [7, 11) is 1.30. The molecule has 0 saturated heterocycles. The number of nitrogens with zero attached hydrogens (tertiary/aromatic N) is 3. The number of carbonyl (C=O) groups is 1. The predicted octanol–water partition coefficient (Wildman–Crippen LogP) is 5.73. The molecule has 43 heavy (non-hydrogen) atoms. The van der Waals surface area contributed by atoms with Crippen molar-refractivity contribution < 1.29 is 32.7 Å². The molecule has 0 atom stereocenters. The highest BCUT2D eigenvalue weighted by Crippen LogP contribution is 2.37. The van der Waals surface area contributed by atoms with Gasteiger partial charge in [0.05, 0.1) is 29.5 Å². The molecule has 0 radical (unpaired) electrons. The van der Waals surface area contributed by atoms with Crippen LogP contribution in [0.15, 0.2) is 77.9 Å². The number of benzene rings is 3. The number of hydrogen-bond acceptors (Lipinski definition) is 8. The number of ketones is 1. The molecule has 0 unspecified atom stereocenters. The molecule has 1 aliphatic heterocycles. The molecule has 3 heterocycles. The zero-order valence-corrected chi connectivity index (χ0v) is 22.5. The number of carbonyl (C=O) groups excluding carboxylic acids is 1. The second-order valence-corrected chi connectivity index (χ2v) is 9.68. The number of rotatable bonds is 8. The highest BCUT2D eigenvalue weighted by atomic mass is 19.1. The van der Waals surface area contributed by atoms with Gasteiger partial charge >= 0.3 is 5.69 Å². The summed E-state index contributed by atoms with van der Waals surface area (Å²) in [6.45, 7) is 0.294. The van der Waals surface area contributed by atoms with E-state index in [1.165, 1.54) is 72.5 Å². The average Bonchev–Trinajstić information content (AvgIpc) is 3.46. The lowest BCUT2D eigenvalue weighted by Crippen LogP contribution is -2.27. The molecular weight excluding hydrogens is 564 g/mol. The minimum Gasteiger partial charge on any atom is -0.492 e. The Kier molecular flexibility index (Phi) is 7.02. The van der Waals surface area contributed by atoms with Crippen LogP contribution >= 0.6 is 0 Å². The highest BCUT2D eigenvalue weighted by Gasteiger charge is 2.27. The molecule has 0 N–H and O–H groups in total. The first-order chi connectivity index (χ1) is 20.7. The van der Waals surface area contributed by atoms with Gasteiger partial charge in [0.2, 0.25) is 0 Å². The van der Waals surface area contributed by atoms with E-state index in [2.05, 4.69) is 4.98 Å². The number of aromatic nitrogens is 2. The van der Waals surface area contributed by atoms with Crippen molar-refractivity contribution in [2.75, 3.05) is 13.7 Å². The first-order valence-corrected chi connectivity index (χ1v) is 13.0. The Morgan fingerprint density at radius 3 is 2.58 bits per heavy atom. The summed E-state index contributed by atoms with van der Waals surface area (Å²) in [5.74, 6) is -1.69. The van der Waals surface area contributed by atoms with E-state index >= 15 is 4.39 Å². The Bertz CT molecular complexity index is 1990. The van der Waals surface area contributed by atoms with Crippen molar-refractivity contribution >= 4 is 22.4 Å². The fourth-order valence-electron chi connectivity index (χ4n) is 4.96. The van der Waals surface area contributed by atoms with Crippen LogP contribution < -0.4 is 19.8 Å². The lowest BCUT2D eigenvalue weighted by Gasteiger charge is -2.13. The van der Waals surface area contributed by atoms with Crippen LogP contribution in [0.4, 0.5) is 14.5 Å². The number of ether oxygens (including phenoxy) is 3. The zero-order valence-electron chi connectivity index (χ0n) is 22.5. The molecule has 216 valence electrons. The Morgan fingerprint density at radius 1 is 1.07 bits per heavy atom. The summed E-state index contributed by atoms with van der Waals surface area (Å²) in [5, 5.41) is 11.8. The summed E-state index contributed by atoms with van der Waals surface area (Å²) in [4.78, 5) is 41.9. The van der Waals surface area contributed by atoms with E-state index in [4.69, 9.17) is 14.2 Å². The molecule has 12 heteroatoms. The Hall–Kier alpha value is -5.65. The molecule has 1 aliphatic rings. The van der Waals surface area contributed by atoms with Crippen LogP contribution in [-0.2, 0) is 12.8 Å². The largest absolute Gasteiger partial charge is 0.492 e. The average molecular weight is 586 g/mol. The molecule has 2 aromatic heterocycles. The van der Waals surface area contributed by atoms with Gasteiger partial charge in [0.15, 0.2) is 23.1 Å². The van der Waals surface area contributed by atoms with Gasteiger partial charge in [-0.05, 0) is 48.0 Å². The molecule has 0 bridgehead atoms. The van der Waals surface area contributed by atoms with Gasteiger partial charge in [-0.2, -0.15) is 0 Å². The Morgan fingerprint density at radius 2 is 1.86 bits per heavy atom. The first-order valence-electron chi connectivity index (χ1n) is 13.0. The molecule has 6 rings (SSSR count). The standard InChI is InChI=1S/C31H21F2N3O7/c1-41-28-15-23-21(14-24(28)36(39)40)26(8-10-34-23)43-27-7-2-17(12-22(27)33)13-25(37)29-30-18(9-11-42-30)16-35(31(29)38)20-5-3-19(32)4-6-20/h2-8,10,12,14-16H,9,11,13H2,1H3. The van der Waals surface area contributed by atoms with Crippen molar-refractivity contribution in [2.45, 2.75) is 12.8 Å². The maximum Gasteiger partial charge on any atom is 0.311 e. The van der Waals surface area contributed by atoms with Gasteiger partial charge in [-0.1, -0.05) is 6.07 Å². The van der Waals surface area contributed by atoms with Crippen LogP contribution in [0.1, 0.15) is 21.5 Å². The molecule has 10 nitrogen and oxygen atoms in total. The number of Topliss-reactive ketones (excluding diaryl/α,β-unsaturated/α-hetero) is 1. The minimum absolute atomic E-state index is 0.0150. The zero-order chi connectivity index (χ0) is 30.2. The normalized spacial score (nSPS) is 12.1. The number of halogens is 2. The Labute approximate surface area is 241 Å². The van der Waals surface area contributed by atoms with Gasteiger partial charge in [-0.15, -0.1) is 0 Å². The third-order valence-electron chi connectivity index (χ3n) is 7.02. The van der Waals surface area contributed by atoms with Crippen molar-refractivity contribution in [3.05, 3.63) is 122 Å². The van der Waals surface area contributed by atoms with Crippen molar-refractivity contribution in [1.82, 2.24) is 9.55 Å². The number of methoxy groups -OCH3 is 1.